The quantitative estimate of drug-likeness (QED) is 0.718. The van der Waals surface area contributed by atoms with Crippen molar-refractivity contribution in [3.8, 4) is 0 Å². The molecule has 1 N–H and O–H groups in total. The van der Waals surface area contributed by atoms with E-state index in [-0.39, 0.29) is 0 Å². The summed E-state index contributed by atoms with van der Waals surface area (Å²) in [5.41, 5.74) is 2.84. The maximum Gasteiger partial charge on any atom is 0.0417 e. The molecule has 0 radical (unpaired) electrons. The maximum absolute atomic E-state index is 3.64. The first kappa shape index (κ1) is 16.8. The van der Waals surface area contributed by atoms with Crippen LogP contribution < -0.4 is 10.2 Å². The van der Waals surface area contributed by atoms with Gasteiger partial charge in [0, 0.05) is 28.8 Å². The predicted molar refractivity (Wildman–Crippen MR) is 96.1 cm³/mol. The van der Waals surface area contributed by atoms with E-state index in [1.165, 1.54) is 47.8 Å². The van der Waals surface area contributed by atoms with Crippen LogP contribution in [0.5, 0.6) is 0 Å². The van der Waals surface area contributed by atoms with Crippen LogP contribution in [0.25, 0.3) is 0 Å². The lowest BCUT2D eigenvalue weighted by Crippen LogP contribution is -2.34. The average Bonchev–Trinajstić information content (AvgIpc) is 3.01. The number of benzene rings is 1. The van der Waals surface area contributed by atoms with Crippen LogP contribution in [0.3, 0.4) is 0 Å². The third kappa shape index (κ3) is 4.23. The molecule has 1 aromatic rings. The SMILES string of the molecule is CCCNC(C)c1cc(Br)ccc1N(CC)C1CCCC1. The number of rotatable bonds is 7. The second-order valence-electron chi connectivity index (χ2n) is 6.10. The molecule has 3 heteroatoms. The number of halogens is 1. The fraction of sp³-hybridized carbons (Fsp3) is 0.667. The van der Waals surface area contributed by atoms with Crippen molar-refractivity contribution >= 4 is 21.6 Å². The van der Waals surface area contributed by atoms with Gasteiger partial charge in [-0.1, -0.05) is 35.7 Å². The summed E-state index contributed by atoms with van der Waals surface area (Å²) >= 11 is 3.64. The van der Waals surface area contributed by atoms with Gasteiger partial charge >= 0.3 is 0 Å². The van der Waals surface area contributed by atoms with Gasteiger partial charge in [-0.05, 0) is 63.4 Å². The Morgan fingerprint density at radius 3 is 2.62 bits per heavy atom. The molecule has 0 spiro atoms. The van der Waals surface area contributed by atoms with Gasteiger partial charge in [0.1, 0.15) is 0 Å². The van der Waals surface area contributed by atoms with Gasteiger partial charge in [-0.3, -0.25) is 0 Å². The minimum Gasteiger partial charge on any atom is -0.369 e. The zero-order valence-corrected chi connectivity index (χ0v) is 15.2. The van der Waals surface area contributed by atoms with Crippen molar-refractivity contribution in [1.82, 2.24) is 5.32 Å². The van der Waals surface area contributed by atoms with E-state index in [9.17, 15) is 0 Å². The first-order valence-corrected chi connectivity index (χ1v) is 9.26. The number of nitrogens with zero attached hydrogens (tertiary/aromatic N) is 1. The Morgan fingerprint density at radius 2 is 2.00 bits per heavy atom. The Balaban J connectivity index is 2.27. The lowest BCUT2D eigenvalue weighted by atomic mass is 10.0. The minimum absolute atomic E-state index is 0.396. The summed E-state index contributed by atoms with van der Waals surface area (Å²) < 4.78 is 1.17. The molecule has 0 aromatic heterocycles. The third-order valence-electron chi connectivity index (χ3n) is 4.57. The molecule has 1 aliphatic carbocycles. The van der Waals surface area contributed by atoms with Crippen LogP contribution in [0, 0.1) is 0 Å². The molecule has 1 unspecified atom stereocenters. The van der Waals surface area contributed by atoms with Gasteiger partial charge in [-0.2, -0.15) is 0 Å². The molecule has 1 aromatic carbocycles. The van der Waals surface area contributed by atoms with E-state index in [4.69, 9.17) is 0 Å². The van der Waals surface area contributed by atoms with Crippen molar-refractivity contribution in [2.24, 2.45) is 0 Å². The van der Waals surface area contributed by atoms with Gasteiger partial charge in [0.2, 0.25) is 0 Å². The van der Waals surface area contributed by atoms with E-state index in [0.29, 0.717) is 6.04 Å². The fourth-order valence-electron chi connectivity index (χ4n) is 3.45. The molecule has 1 fully saturated rings. The van der Waals surface area contributed by atoms with Gasteiger partial charge in [0.15, 0.2) is 0 Å². The molecule has 21 heavy (non-hydrogen) atoms. The normalized spacial score (nSPS) is 17.1. The summed E-state index contributed by atoms with van der Waals surface area (Å²) in [6.45, 7) is 8.96. The van der Waals surface area contributed by atoms with Crippen LogP contribution in [0.4, 0.5) is 5.69 Å². The predicted octanol–water partition coefficient (Wildman–Crippen LogP) is 5.28. The average molecular weight is 353 g/mol. The first-order chi connectivity index (χ1) is 10.2. The van der Waals surface area contributed by atoms with Gasteiger partial charge in [-0.25, -0.2) is 0 Å². The van der Waals surface area contributed by atoms with Crippen molar-refractivity contribution in [3.05, 3.63) is 28.2 Å². The highest BCUT2D eigenvalue weighted by Crippen LogP contribution is 2.34. The minimum atomic E-state index is 0.396. The van der Waals surface area contributed by atoms with Crippen molar-refractivity contribution in [2.75, 3.05) is 18.0 Å². The first-order valence-electron chi connectivity index (χ1n) is 8.46. The molecule has 0 heterocycles. The summed E-state index contributed by atoms with van der Waals surface area (Å²) in [5.74, 6) is 0. The number of hydrogen-bond donors (Lipinski definition) is 1. The Kier molecular flexibility index (Phi) is 6.56. The number of nitrogens with one attached hydrogen (secondary N) is 1. The number of anilines is 1. The van der Waals surface area contributed by atoms with Crippen LogP contribution >= 0.6 is 15.9 Å². The fourth-order valence-corrected chi connectivity index (χ4v) is 3.82. The van der Waals surface area contributed by atoms with Crippen molar-refractivity contribution in [1.29, 1.82) is 0 Å². The standard InChI is InChI=1S/C18H29BrN2/c1-4-12-20-14(3)17-13-15(19)10-11-18(17)21(5-2)16-8-6-7-9-16/h10-11,13-14,16,20H,4-9,12H2,1-3H3. The third-order valence-corrected chi connectivity index (χ3v) is 5.07. The summed E-state index contributed by atoms with van der Waals surface area (Å²) in [6.07, 6.45) is 6.64. The van der Waals surface area contributed by atoms with Crippen molar-refractivity contribution in [3.63, 3.8) is 0 Å². The van der Waals surface area contributed by atoms with Crippen LogP contribution in [0.1, 0.15) is 64.5 Å². The summed E-state index contributed by atoms with van der Waals surface area (Å²) in [4.78, 5) is 2.62. The van der Waals surface area contributed by atoms with Gasteiger partial charge in [0.05, 0.1) is 0 Å². The Labute approximate surface area is 138 Å². The van der Waals surface area contributed by atoms with Crippen LogP contribution in [0.15, 0.2) is 22.7 Å². The Hall–Kier alpha value is -0.540. The van der Waals surface area contributed by atoms with Crippen LogP contribution in [0.2, 0.25) is 0 Å². The lowest BCUT2D eigenvalue weighted by Gasteiger charge is -2.33. The zero-order valence-electron chi connectivity index (χ0n) is 13.7. The molecule has 0 aliphatic heterocycles. The lowest BCUT2D eigenvalue weighted by molar-refractivity contribution is 0.561. The largest absolute Gasteiger partial charge is 0.369 e. The molecule has 1 atom stereocenters. The molecule has 0 saturated heterocycles. The van der Waals surface area contributed by atoms with E-state index in [1.54, 1.807) is 0 Å². The molecular formula is C18H29BrN2. The topological polar surface area (TPSA) is 15.3 Å². The highest BCUT2D eigenvalue weighted by Gasteiger charge is 2.24. The molecule has 1 saturated carbocycles. The Bertz CT molecular complexity index is 441. The highest BCUT2D eigenvalue weighted by atomic mass is 79.9. The molecule has 118 valence electrons. The van der Waals surface area contributed by atoms with Crippen LogP contribution in [-0.4, -0.2) is 19.1 Å². The van der Waals surface area contributed by atoms with E-state index in [2.05, 4.69) is 65.1 Å². The molecule has 2 nitrogen and oxygen atoms in total. The zero-order chi connectivity index (χ0) is 15.2. The van der Waals surface area contributed by atoms with E-state index in [1.807, 2.05) is 0 Å². The Morgan fingerprint density at radius 1 is 1.29 bits per heavy atom. The number of hydrogen-bond acceptors (Lipinski definition) is 2. The molecule has 1 aliphatic rings. The second kappa shape index (κ2) is 8.19. The van der Waals surface area contributed by atoms with Gasteiger partial charge in [0.25, 0.3) is 0 Å². The smallest absolute Gasteiger partial charge is 0.0417 e. The summed E-state index contributed by atoms with van der Waals surface area (Å²) in [6, 6.07) is 7.90. The maximum atomic E-state index is 3.64. The summed E-state index contributed by atoms with van der Waals surface area (Å²) in [5, 5.41) is 3.64. The van der Waals surface area contributed by atoms with Gasteiger partial charge < -0.3 is 10.2 Å². The van der Waals surface area contributed by atoms with Crippen molar-refractivity contribution in [2.45, 2.75) is 65.0 Å². The molecule has 0 bridgehead atoms. The van der Waals surface area contributed by atoms with E-state index >= 15 is 0 Å². The monoisotopic (exact) mass is 352 g/mol. The summed E-state index contributed by atoms with van der Waals surface area (Å²) in [7, 11) is 0. The second-order valence-corrected chi connectivity index (χ2v) is 7.02. The molecule has 2 rings (SSSR count). The van der Waals surface area contributed by atoms with Gasteiger partial charge in [-0.15, -0.1) is 0 Å². The molecular weight excluding hydrogens is 324 g/mol. The van der Waals surface area contributed by atoms with E-state index < -0.39 is 0 Å². The van der Waals surface area contributed by atoms with Crippen molar-refractivity contribution < 1.29 is 0 Å². The molecule has 0 amide bonds. The van der Waals surface area contributed by atoms with Crippen LogP contribution in [-0.2, 0) is 0 Å². The van der Waals surface area contributed by atoms with E-state index in [0.717, 1.165) is 19.1 Å². The highest BCUT2D eigenvalue weighted by molar-refractivity contribution is 9.10.